The van der Waals surface area contributed by atoms with Gasteiger partial charge in [-0.2, -0.15) is 0 Å². The maximum atomic E-state index is 11.8. The van der Waals surface area contributed by atoms with Gasteiger partial charge in [-0.05, 0) is 26.7 Å². The van der Waals surface area contributed by atoms with Gasteiger partial charge in [0.2, 0.25) is 5.12 Å². The van der Waals surface area contributed by atoms with Gasteiger partial charge in [0, 0.05) is 30.2 Å². The molecule has 3 nitrogen and oxygen atoms in total. The topological polar surface area (TPSA) is 40.5 Å². The van der Waals surface area contributed by atoms with Gasteiger partial charge in [0.1, 0.15) is 0 Å². The molecule has 0 spiro atoms. The third-order valence-electron chi connectivity index (χ3n) is 2.74. The van der Waals surface area contributed by atoms with Crippen molar-refractivity contribution < 1.29 is 9.69 Å². The Hall–Kier alpha value is 0.200. The monoisotopic (exact) mass is 319 g/mol. The maximum absolute atomic E-state index is 11.8. The van der Waals surface area contributed by atoms with Crippen LogP contribution in [0.15, 0.2) is 23.8 Å². The summed E-state index contributed by atoms with van der Waals surface area (Å²) >= 11 is 2.92. The molecule has 0 aromatic heterocycles. The number of thioether (sulfide) groups is 1. The lowest BCUT2D eigenvalue weighted by atomic mass is 10.2. The molecular weight excluding hydrogens is 297 g/mol. The Kier molecular flexibility index (Phi) is 9.08. The van der Waals surface area contributed by atoms with Crippen molar-refractivity contribution >= 4 is 35.8 Å². The molecule has 0 aromatic rings. The minimum atomic E-state index is -1.04. The van der Waals surface area contributed by atoms with E-state index in [0.29, 0.717) is 0 Å². The predicted molar refractivity (Wildman–Crippen MR) is 88.4 cm³/mol. The highest BCUT2D eigenvalue weighted by Crippen LogP contribution is 2.50. The van der Waals surface area contributed by atoms with Gasteiger partial charge in [-0.25, -0.2) is 0 Å². The van der Waals surface area contributed by atoms with Crippen LogP contribution in [0.4, 0.5) is 0 Å². The number of rotatable bonds is 7. The normalized spacial score (nSPS) is 19.2. The second-order valence-corrected chi connectivity index (χ2v) is 8.69. The number of hydrogen-bond acceptors (Lipinski definition) is 5. The van der Waals surface area contributed by atoms with Crippen LogP contribution < -0.4 is 0 Å². The molecule has 0 amide bonds. The van der Waals surface area contributed by atoms with Crippen molar-refractivity contribution in [1.82, 2.24) is 4.67 Å². The summed E-state index contributed by atoms with van der Waals surface area (Å²) in [5.41, 5.74) is 0.753. The SMILES string of the molecule is C/C=C\C(=C/C)C(=O)SCCSP(O)N1CCCC1. The fourth-order valence-corrected chi connectivity index (χ4v) is 6.01. The largest absolute Gasteiger partial charge is 0.351 e. The summed E-state index contributed by atoms with van der Waals surface area (Å²) in [4.78, 5) is 21.8. The molecule has 1 unspecified atom stereocenters. The predicted octanol–water partition coefficient (Wildman–Crippen LogP) is 3.82. The minimum absolute atomic E-state index is 0.115. The minimum Gasteiger partial charge on any atom is -0.351 e. The maximum Gasteiger partial charge on any atom is 0.219 e. The molecule has 6 heteroatoms. The van der Waals surface area contributed by atoms with Gasteiger partial charge in [-0.3, -0.25) is 9.46 Å². The van der Waals surface area contributed by atoms with E-state index in [0.717, 1.165) is 30.2 Å². The first-order chi connectivity index (χ1) is 9.19. The molecule has 0 saturated carbocycles. The number of carbonyl (C=O) groups excluding carboxylic acids is 1. The molecule has 1 fully saturated rings. The van der Waals surface area contributed by atoms with Crippen molar-refractivity contribution in [2.24, 2.45) is 0 Å². The van der Waals surface area contributed by atoms with Gasteiger partial charge in [0.15, 0.2) is 7.50 Å². The standard InChI is InChI=1S/C13H22NO2PS2/c1-3-7-12(4-2)13(15)18-10-11-19-17(16)14-8-5-6-9-14/h3-4,7,16H,5-6,8-11H2,1-2H3/b7-3-,12-4+. The van der Waals surface area contributed by atoms with E-state index in [1.165, 1.54) is 24.6 Å². The quantitative estimate of drug-likeness (QED) is 0.334. The zero-order valence-corrected chi connectivity index (χ0v) is 14.1. The summed E-state index contributed by atoms with van der Waals surface area (Å²) in [5.74, 6) is 1.58. The van der Waals surface area contributed by atoms with E-state index in [1.54, 1.807) is 11.4 Å². The molecule has 1 aliphatic heterocycles. The van der Waals surface area contributed by atoms with Crippen molar-refractivity contribution in [3.05, 3.63) is 23.8 Å². The van der Waals surface area contributed by atoms with Crippen LogP contribution >= 0.6 is 30.6 Å². The summed E-state index contributed by atoms with van der Waals surface area (Å²) in [5, 5.41) is 0.115. The highest BCUT2D eigenvalue weighted by Gasteiger charge is 2.20. The average Bonchev–Trinajstić information content (AvgIpc) is 2.94. The Labute approximate surface area is 125 Å². The molecule has 19 heavy (non-hydrogen) atoms. The summed E-state index contributed by atoms with van der Waals surface area (Å²) in [6.45, 7) is 5.83. The molecule has 1 N–H and O–H groups in total. The molecule has 0 radical (unpaired) electrons. The first-order valence-electron chi connectivity index (χ1n) is 6.52. The van der Waals surface area contributed by atoms with Gasteiger partial charge in [-0.1, -0.05) is 41.4 Å². The molecule has 1 atom stereocenters. The lowest BCUT2D eigenvalue weighted by Crippen LogP contribution is -2.10. The van der Waals surface area contributed by atoms with Crippen LogP contribution in [0.25, 0.3) is 0 Å². The second kappa shape index (κ2) is 10.0. The van der Waals surface area contributed by atoms with Crippen molar-refractivity contribution in [3.63, 3.8) is 0 Å². The molecule has 0 aromatic carbocycles. The van der Waals surface area contributed by atoms with Crippen molar-refractivity contribution in [2.75, 3.05) is 24.6 Å². The van der Waals surface area contributed by atoms with Crippen LogP contribution in [0.2, 0.25) is 0 Å². The van der Waals surface area contributed by atoms with E-state index in [2.05, 4.69) is 4.67 Å². The molecule has 1 aliphatic rings. The Morgan fingerprint density at radius 1 is 1.32 bits per heavy atom. The van der Waals surface area contributed by atoms with E-state index in [1.807, 2.05) is 32.1 Å². The molecule has 108 valence electrons. The van der Waals surface area contributed by atoms with Crippen LogP contribution in [0.1, 0.15) is 26.7 Å². The third kappa shape index (κ3) is 6.46. The van der Waals surface area contributed by atoms with E-state index in [-0.39, 0.29) is 5.12 Å². The van der Waals surface area contributed by atoms with Crippen molar-refractivity contribution in [3.8, 4) is 0 Å². The van der Waals surface area contributed by atoms with Gasteiger partial charge < -0.3 is 4.89 Å². The molecule has 1 saturated heterocycles. The van der Waals surface area contributed by atoms with Gasteiger partial charge in [0.05, 0.1) is 0 Å². The molecule has 0 bridgehead atoms. The number of nitrogens with zero attached hydrogens (tertiary/aromatic N) is 1. The van der Waals surface area contributed by atoms with Gasteiger partial charge in [0.25, 0.3) is 0 Å². The van der Waals surface area contributed by atoms with Crippen molar-refractivity contribution in [1.29, 1.82) is 0 Å². The average molecular weight is 319 g/mol. The van der Waals surface area contributed by atoms with Crippen LogP contribution in [-0.4, -0.2) is 39.3 Å². The van der Waals surface area contributed by atoms with Crippen LogP contribution in [0.3, 0.4) is 0 Å². The zero-order chi connectivity index (χ0) is 14.1. The van der Waals surface area contributed by atoms with Crippen LogP contribution in [0, 0.1) is 0 Å². The Morgan fingerprint density at radius 2 is 2.00 bits per heavy atom. The second-order valence-electron chi connectivity index (χ2n) is 4.13. The summed E-state index contributed by atoms with van der Waals surface area (Å²) < 4.78 is 2.16. The third-order valence-corrected chi connectivity index (χ3v) is 7.34. The first kappa shape index (κ1) is 17.3. The van der Waals surface area contributed by atoms with E-state index in [9.17, 15) is 9.69 Å². The smallest absolute Gasteiger partial charge is 0.219 e. The lowest BCUT2D eigenvalue weighted by Gasteiger charge is -2.19. The van der Waals surface area contributed by atoms with Crippen LogP contribution in [0.5, 0.6) is 0 Å². The Bertz CT molecular complexity index is 342. The first-order valence-corrected chi connectivity index (χ1v) is 10.3. The molecular formula is C13H22NO2PS2. The highest BCUT2D eigenvalue weighted by molar-refractivity contribution is 8.53. The summed E-state index contributed by atoms with van der Waals surface area (Å²) in [6, 6.07) is 0. The number of hydrogen-bond donors (Lipinski definition) is 1. The molecule has 0 aliphatic carbocycles. The zero-order valence-electron chi connectivity index (χ0n) is 11.5. The van der Waals surface area contributed by atoms with E-state index in [4.69, 9.17) is 0 Å². The molecule has 1 heterocycles. The van der Waals surface area contributed by atoms with Crippen LogP contribution in [-0.2, 0) is 4.79 Å². The Morgan fingerprint density at radius 3 is 2.58 bits per heavy atom. The fourth-order valence-electron chi connectivity index (χ4n) is 1.75. The van der Waals surface area contributed by atoms with Gasteiger partial charge in [-0.15, -0.1) is 0 Å². The number of carbonyl (C=O) groups is 1. The molecule has 1 rings (SSSR count). The van der Waals surface area contributed by atoms with Gasteiger partial charge >= 0.3 is 0 Å². The highest BCUT2D eigenvalue weighted by atomic mass is 32.7. The van der Waals surface area contributed by atoms with E-state index < -0.39 is 7.50 Å². The van der Waals surface area contributed by atoms with E-state index >= 15 is 0 Å². The number of allylic oxidation sites excluding steroid dienone is 3. The fraction of sp³-hybridized carbons (Fsp3) is 0.615. The Balaban J connectivity index is 2.17. The summed E-state index contributed by atoms with van der Waals surface area (Å²) in [6.07, 6.45) is 7.95. The van der Waals surface area contributed by atoms with Crippen molar-refractivity contribution in [2.45, 2.75) is 26.7 Å². The lowest BCUT2D eigenvalue weighted by molar-refractivity contribution is -0.107. The summed E-state index contributed by atoms with van der Waals surface area (Å²) in [7, 11) is -1.04.